The molecule has 0 atom stereocenters. The van der Waals surface area contributed by atoms with Crippen LogP contribution in [-0.2, 0) is 11.3 Å². The summed E-state index contributed by atoms with van der Waals surface area (Å²) in [5.74, 6) is -0.558. The fourth-order valence-electron chi connectivity index (χ4n) is 5.98. The summed E-state index contributed by atoms with van der Waals surface area (Å²) < 4.78 is 15.6. The minimum absolute atomic E-state index is 0.0235. The largest absolute Gasteiger partial charge is 0.343 e. The molecule has 0 spiro atoms. The molecule has 7 nitrogen and oxygen atoms in total. The zero-order valence-corrected chi connectivity index (χ0v) is 23.3. The van der Waals surface area contributed by atoms with E-state index < -0.39 is 5.91 Å². The number of aromatic amines is 1. The number of likely N-dealkylation sites (tertiary alicyclic amines) is 1. The first-order chi connectivity index (χ1) is 18.8. The van der Waals surface area contributed by atoms with Crippen LogP contribution in [0, 0.1) is 11.7 Å². The second-order valence-electron chi connectivity index (χ2n) is 11.5. The highest BCUT2D eigenvalue weighted by atomic mass is 19.1. The van der Waals surface area contributed by atoms with E-state index in [1.807, 2.05) is 25.8 Å². The summed E-state index contributed by atoms with van der Waals surface area (Å²) in [5, 5.41) is 0. The fraction of sp³-hybridized carbons (Fsp3) is 0.516. The molecule has 2 fully saturated rings. The van der Waals surface area contributed by atoms with Crippen molar-refractivity contribution in [2.45, 2.75) is 77.4 Å². The smallest absolute Gasteiger partial charge is 0.280 e. The summed E-state index contributed by atoms with van der Waals surface area (Å²) in [6, 6.07) is 12.3. The van der Waals surface area contributed by atoms with Gasteiger partial charge in [-0.25, -0.2) is 4.39 Å². The third kappa shape index (κ3) is 6.16. The Balaban J connectivity index is 1.48. The van der Waals surface area contributed by atoms with E-state index in [9.17, 15) is 14.0 Å². The number of fused-ring (bicyclic) bond motifs is 1. The number of halogens is 1. The summed E-state index contributed by atoms with van der Waals surface area (Å²) in [5.41, 5.74) is 4.06. The number of nitrogens with one attached hydrogen (secondary N) is 1. The number of carbonyl (C=O) groups excluding carboxylic acids is 2. The number of benzene rings is 2. The average Bonchev–Trinajstić information content (AvgIpc) is 3.30. The molecule has 0 radical (unpaired) electrons. The topological polar surface area (TPSA) is 73.7 Å². The van der Waals surface area contributed by atoms with Gasteiger partial charge < -0.3 is 14.5 Å². The quantitative estimate of drug-likeness (QED) is 0.459. The van der Waals surface area contributed by atoms with Crippen molar-refractivity contribution in [2.75, 3.05) is 20.1 Å². The van der Waals surface area contributed by atoms with Crippen molar-refractivity contribution < 1.29 is 14.0 Å². The van der Waals surface area contributed by atoms with Crippen molar-refractivity contribution in [3.8, 4) is 0 Å². The molecule has 1 aromatic heterocycles. The van der Waals surface area contributed by atoms with Crippen molar-refractivity contribution in [3.05, 3.63) is 65.0 Å². The van der Waals surface area contributed by atoms with Crippen LogP contribution in [-0.4, -0.2) is 57.3 Å². The highest BCUT2D eigenvalue weighted by molar-refractivity contribution is 5.95. The second-order valence-corrected chi connectivity index (χ2v) is 11.5. The highest BCUT2D eigenvalue weighted by Gasteiger charge is 2.31. The maximum atomic E-state index is 13.4. The fourth-order valence-corrected chi connectivity index (χ4v) is 5.98. The molecular weight excluding hydrogens is 493 g/mol. The number of hydrogen-bond donors (Lipinski definition) is 1. The number of aromatic nitrogens is 2. The first-order valence-electron chi connectivity index (χ1n) is 14.4. The Hall–Kier alpha value is -3.26. The van der Waals surface area contributed by atoms with E-state index in [1.165, 1.54) is 49.1 Å². The van der Waals surface area contributed by atoms with Gasteiger partial charge in [-0.3, -0.25) is 14.5 Å². The number of nitrogens with zero attached hydrogens (tertiary/aromatic N) is 4. The third-order valence-corrected chi connectivity index (χ3v) is 8.48. The van der Waals surface area contributed by atoms with Gasteiger partial charge in [0, 0.05) is 37.2 Å². The molecule has 39 heavy (non-hydrogen) atoms. The first-order valence-corrected chi connectivity index (χ1v) is 14.4. The number of rotatable bonds is 6. The van der Waals surface area contributed by atoms with Crippen molar-refractivity contribution in [1.29, 1.82) is 0 Å². The molecule has 8 heteroatoms. The van der Waals surface area contributed by atoms with Crippen LogP contribution in [0.25, 0.3) is 11.0 Å². The Labute approximate surface area is 229 Å². The van der Waals surface area contributed by atoms with Crippen molar-refractivity contribution in [3.63, 3.8) is 0 Å². The van der Waals surface area contributed by atoms with E-state index in [2.05, 4.69) is 37.6 Å². The molecule has 5 rings (SSSR count). The Bertz CT molecular complexity index is 1380. The van der Waals surface area contributed by atoms with Gasteiger partial charge in [-0.05, 0) is 107 Å². The molecule has 1 aliphatic heterocycles. The summed E-state index contributed by atoms with van der Waals surface area (Å²) >= 11 is 0. The highest BCUT2D eigenvalue weighted by Crippen LogP contribution is 2.34. The van der Waals surface area contributed by atoms with Crippen LogP contribution in [0.15, 0.2) is 47.5 Å². The van der Waals surface area contributed by atoms with E-state index in [0.29, 0.717) is 11.2 Å². The maximum Gasteiger partial charge on any atom is 0.280 e. The van der Waals surface area contributed by atoms with Gasteiger partial charge in [-0.2, -0.15) is 4.99 Å². The lowest BCUT2D eigenvalue weighted by Gasteiger charge is -2.33. The van der Waals surface area contributed by atoms with Crippen molar-refractivity contribution in [2.24, 2.45) is 10.9 Å². The van der Waals surface area contributed by atoms with Crippen LogP contribution in [0.3, 0.4) is 0 Å². The lowest BCUT2D eigenvalue weighted by atomic mass is 9.84. The third-order valence-electron chi connectivity index (χ3n) is 8.48. The van der Waals surface area contributed by atoms with E-state index in [0.717, 1.165) is 56.4 Å². The molecule has 0 bridgehead atoms. The van der Waals surface area contributed by atoms with Gasteiger partial charge in [0.15, 0.2) is 0 Å². The molecule has 2 amide bonds. The number of hydrogen-bond acceptors (Lipinski definition) is 3. The Morgan fingerprint density at radius 3 is 2.38 bits per heavy atom. The lowest BCUT2D eigenvalue weighted by Crippen LogP contribution is -2.39. The second kappa shape index (κ2) is 11.9. The Kier molecular flexibility index (Phi) is 8.31. The number of carbonyl (C=O) groups is 2. The summed E-state index contributed by atoms with van der Waals surface area (Å²) in [7, 11) is 1.88. The number of H-pyrrole nitrogens is 1. The molecule has 2 heterocycles. The molecule has 1 aliphatic carbocycles. The molecule has 0 unspecified atom stereocenters. The standard InChI is InChI=1S/C31H40FN5O2/c1-21(2)35(3)30(39)24-10-14-26(15-11-24)37-28-19-22(20-36-17-5-4-6-18-36)7-16-27(28)33-31(37)34-29(38)23-8-12-25(32)13-9-23/h7-9,12-13,16,19,21,24,26H,4-6,10-11,14-15,17-18,20H2,1-3H3,(H,33,34,38)/t24-,26+. The minimum atomic E-state index is -0.411. The van der Waals surface area contributed by atoms with Crippen LogP contribution < -0.4 is 5.62 Å². The Morgan fingerprint density at radius 1 is 1.03 bits per heavy atom. The summed E-state index contributed by atoms with van der Waals surface area (Å²) in [4.78, 5) is 38.3. The van der Waals surface area contributed by atoms with Crippen LogP contribution in [0.1, 0.15) is 80.8 Å². The molecule has 2 aliphatic rings. The molecular formula is C31H40FN5O2. The van der Waals surface area contributed by atoms with Crippen molar-refractivity contribution in [1.82, 2.24) is 19.4 Å². The summed E-state index contributed by atoms with van der Waals surface area (Å²) in [6.45, 7) is 7.24. The van der Waals surface area contributed by atoms with E-state index in [1.54, 1.807) is 0 Å². The predicted octanol–water partition coefficient (Wildman–Crippen LogP) is 5.43. The van der Waals surface area contributed by atoms with Crippen LogP contribution in [0.4, 0.5) is 4.39 Å². The van der Waals surface area contributed by atoms with Gasteiger partial charge in [0.2, 0.25) is 11.5 Å². The van der Waals surface area contributed by atoms with Gasteiger partial charge in [-0.15, -0.1) is 0 Å². The van der Waals surface area contributed by atoms with Gasteiger partial charge in [0.1, 0.15) is 5.82 Å². The SMILES string of the molecule is CC(C)N(C)C(=O)[C@H]1CC[C@@H](n2/c(=N/C(=O)c3ccc(F)cc3)[nH]c3ccc(CN4CCCCC4)cc32)CC1. The van der Waals surface area contributed by atoms with Gasteiger partial charge in [0.05, 0.1) is 11.0 Å². The number of amides is 2. The average molecular weight is 534 g/mol. The molecule has 208 valence electrons. The lowest BCUT2D eigenvalue weighted by molar-refractivity contribution is -0.136. The van der Waals surface area contributed by atoms with Gasteiger partial charge in [-0.1, -0.05) is 12.5 Å². The Morgan fingerprint density at radius 2 is 1.72 bits per heavy atom. The van der Waals surface area contributed by atoms with Gasteiger partial charge >= 0.3 is 0 Å². The molecule has 1 saturated carbocycles. The first kappa shape index (κ1) is 27.3. The zero-order chi connectivity index (χ0) is 27.5. The van der Waals surface area contributed by atoms with Gasteiger partial charge in [0.25, 0.3) is 5.91 Å². The minimum Gasteiger partial charge on any atom is -0.343 e. The number of piperidine rings is 1. The molecule has 1 saturated heterocycles. The van der Waals surface area contributed by atoms with Crippen LogP contribution in [0.2, 0.25) is 0 Å². The van der Waals surface area contributed by atoms with Crippen LogP contribution in [0.5, 0.6) is 0 Å². The monoisotopic (exact) mass is 533 g/mol. The van der Waals surface area contributed by atoms with Crippen LogP contribution >= 0.6 is 0 Å². The van der Waals surface area contributed by atoms with E-state index >= 15 is 0 Å². The zero-order valence-electron chi connectivity index (χ0n) is 23.3. The molecule has 2 aromatic carbocycles. The maximum absolute atomic E-state index is 13.4. The molecule has 3 aromatic rings. The normalized spacial score (nSPS) is 21.0. The van der Waals surface area contributed by atoms with E-state index in [4.69, 9.17) is 0 Å². The predicted molar refractivity (Wildman–Crippen MR) is 151 cm³/mol. The summed E-state index contributed by atoms with van der Waals surface area (Å²) in [6.07, 6.45) is 7.08. The molecule has 1 N–H and O–H groups in total. The van der Waals surface area contributed by atoms with Crippen molar-refractivity contribution >= 4 is 22.8 Å². The van der Waals surface area contributed by atoms with E-state index in [-0.39, 0.29) is 29.7 Å². The number of imidazole rings is 1.